The molecule has 0 saturated carbocycles. The van der Waals surface area contributed by atoms with Crippen LogP contribution >= 0.6 is 0 Å². The highest BCUT2D eigenvalue weighted by atomic mass is 16.5. The molecule has 1 rings (SSSR count). The molecule has 2 N–H and O–H groups in total. The zero-order valence-electron chi connectivity index (χ0n) is 16.7. The van der Waals surface area contributed by atoms with E-state index in [2.05, 4.69) is 17.4 Å². The Morgan fingerprint density at radius 2 is 1.74 bits per heavy atom. The zero-order valence-corrected chi connectivity index (χ0v) is 16.7. The van der Waals surface area contributed by atoms with Crippen molar-refractivity contribution in [1.29, 1.82) is 0 Å². The molecule has 152 valence electrons. The fourth-order valence-corrected chi connectivity index (χ4v) is 2.90. The van der Waals surface area contributed by atoms with Crippen molar-refractivity contribution in [3.63, 3.8) is 0 Å². The average molecular weight is 379 g/mol. The van der Waals surface area contributed by atoms with Crippen molar-refractivity contribution < 1.29 is 19.4 Å². The number of nitrogens with one attached hydrogen (secondary N) is 1. The van der Waals surface area contributed by atoms with Crippen LogP contribution in [-0.2, 0) is 20.9 Å². The first-order chi connectivity index (χ1) is 13.0. The number of carboxylic acid groups (broad SMARTS) is 1. The Kier molecular flexibility index (Phi) is 12.1. The normalized spacial score (nSPS) is 12.1. The van der Waals surface area contributed by atoms with Gasteiger partial charge >= 0.3 is 5.97 Å². The summed E-state index contributed by atoms with van der Waals surface area (Å²) >= 11 is 0. The van der Waals surface area contributed by atoms with E-state index in [1.165, 1.54) is 5.56 Å². The Bertz CT molecular complexity index is 534. The van der Waals surface area contributed by atoms with E-state index in [0.29, 0.717) is 19.6 Å². The minimum atomic E-state index is -0.892. The molecule has 0 aliphatic heterocycles. The smallest absolute Gasteiger partial charge is 0.305 e. The Morgan fingerprint density at radius 1 is 1.07 bits per heavy atom. The van der Waals surface area contributed by atoms with Crippen LogP contribution in [0.2, 0.25) is 0 Å². The fraction of sp³-hybridized carbons (Fsp3) is 0.619. The Morgan fingerprint density at radius 3 is 2.41 bits per heavy atom. The van der Waals surface area contributed by atoms with E-state index in [9.17, 15) is 9.59 Å². The summed E-state index contributed by atoms with van der Waals surface area (Å²) < 4.78 is 5.66. The van der Waals surface area contributed by atoms with Crippen LogP contribution in [0.4, 0.5) is 0 Å². The summed E-state index contributed by atoms with van der Waals surface area (Å²) in [6.45, 7) is 1.95. The molecule has 1 aromatic rings. The third-order valence-corrected chi connectivity index (χ3v) is 4.18. The van der Waals surface area contributed by atoms with Crippen molar-refractivity contribution in [3.8, 4) is 0 Å². The van der Waals surface area contributed by atoms with Gasteiger partial charge < -0.3 is 20.1 Å². The molecule has 1 aromatic carbocycles. The number of likely N-dealkylation sites (N-methyl/N-ethyl adjacent to an activating group) is 1. The molecule has 6 nitrogen and oxygen atoms in total. The number of ether oxygens (including phenoxy) is 1. The second kappa shape index (κ2) is 14.2. The summed E-state index contributed by atoms with van der Waals surface area (Å²) in [7, 11) is 3.73. The van der Waals surface area contributed by atoms with E-state index >= 15 is 0 Å². The van der Waals surface area contributed by atoms with Crippen molar-refractivity contribution in [2.24, 2.45) is 0 Å². The number of nitrogens with zero attached hydrogens (tertiary/aromatic N) is 1. The lowest BCUT2D eigenvalue weighted by Crippen LogP contribution is -2.42. The average Bonchev–Trinajstić information content (AvgIpc) is 2.60. The number of unbranched alkanes of at least 4 members (excludes halogenated alkanes) is 4. The minimum Gasteiger partial charge on any atom is -0.481 e. The van der Waals surface area contributed by atoms with Gasteiger partial charge in [0.1, 0.15) is 0 Å². The summed E-state index contributed by atoms with van der Waals surface area (Å²) in [6.07, 6.45) is 5.45. The molecular weight excluding hydrogens is 344 g/mol. The van der Waals surface area contributed by atoms with Gasteiger partial charge in [0.2, 0.25) is 5.91 Å². The van der Waals surface area contributed by atoms with E-state index < -0.39 is 5.97 Å². The van der Waals surface area contributed by atoms with Crippen molar-refractivity contribution in [1.82, 2.24) is 10.2 Å². The maximum absolute atomic E-state index is 12.0. The Hall–Kier alpha value is -1.92. The number of carbonyl (C=O) groups is 2. The molecular formula is C21H34N2O4. The third kappa shape index (κ3) is 13.0. The number of hydrogen-bond donors (Lipinski definition) is 2. The Labute approximate surface area is 162 Å². The van der Waals surface area contributed by atoms with Crippen LogP contribution in [0.15, 0.2) is 30.3 Å². The monoisotopic (exact) mass is 378 g/mol. The van der Waals surface area contributed by atoms with E-state index in [-0.39, 0.29) is 18.4 Å². The van der Waals surface area contributed by atoms with Crippen LogP contribution in [0, 0.1) is 0 Å². The van der Waals surface area contributed by atoms with Crippen molar-refractivity contribution in [2.75, 3.05) is 27.2 Å². The van der Waals surface area contributed by atoms with Gasteiger partial charge in [0.25, 0.3) is 0 Å². The molecule has 1 atom stereocenters. The highest BCUT2D eigenvalue weighted by Crippen LogP contribution is 2.07. The molecule has 0 aromatic heterocycles. The number of benzene rings is 1. The summed E-state index contributed by atoms with van der Waals surface area (Å²) in [4.78, 5) is 24.7. The lowest BCUT2D eigenvalue weighted by Gasteiger charge is -2.20. The van der Waals surface area contributed by atoms with E-state index in [1.54, 1.807) is 0 Å². The number of aliphatic carboxylic acids is 1. The first-order valence-corrected chi connectivity index (χ1v) is 9.75. The summed E-state index contributed by atoms with van der Waals surface area (Å²) in [5, 5.41) is 11.8. The number of hydrogen-bond acceptors (Lipinski definition) is 4. The fourth-order valence-electron chi connectivity index (χ4n) is 2.90. The van der Waals surface area contributed by atoms with Crippen LogP contribution in [0.5, 0.6) is 0 Å². The first-order valence-electron chi connectivity index (χ1n) is 9.75. The lowest BCUT2D eigenvalue weighted by molar-refractivity contribution is -0.137. The molecule has 6 heteroatoms. The maximum Gasteiger partial charge on any atom is 0.305 e. The molecule has 1 amide bonds. The summed E-state index contributed by atoms with van der Waals surface area (Å²) in [5.41, 5.74) is 1.19. The number of carbonyl (C=O) groups excluding carboxylic acids is 1. The molecule has 0 aliphatic carbocycles. The number of rotatable bonds is 15. The van der Waals surface area contributed by atoms with Crippen LogP contribution in [0.3, 0.4) is 0 Å². The molecule has 0 fully saturated rings. The predicted molar refractivity (Wildman–Crippen MR) is 107 cm³/mol. The minimum absolute atomic E-state index is 0.0487. The molecule has 0 aliphatic rings. The molecule has 0 heterocycles. The Balaban J connectivity index is 2.01. The highest BCUT2D eigenvalue weighted by Gasteiger charge is 2.16. The second-order valence-electron chi connectivity index (χ2n) is 7.18. The van der Waals surface area contributed by atoms with E-state index in [4.69, 9.17) is 9.84 Å². The predicted octanol–water partition coefficient (Wildman–Crippen LogP) is 3.06. The largest absolute Gasteiger partial charge is 0.481 e. The van der Waals surface area contributed by atoms with Gasteiger partial charge in [0.15, 0.2) is 0 Å². The van der Waals surface area contributed by atoms with Crippen LogP contribution in [0.1, 0.15) is 50.5 Å². The van der Waals surface area contributed by atoms with Crippen LogP contribution in [0.25, 0.3) is 0 Å². The van der Waals surface area contributed by atoms with E-state index in [0.717, 1.165) is 38.7 Å². The SMILES string of the molecule is CN(C)C[C@@H](CC(=O)O)NC(=O)CCCCCCCOCc1ccccc1. The molecule has 0 spiro atoms. The topological polar surface area (TPSA) is 78.9 Å². The first kappa shape index (κ1) is 23.1. The van der Waals surface area contributed by atoms with Crippen molar-refractivity contribution >= 4 is 11.9 Å². The van der Waals surface area contributed by atoms with Gasteiger partial charge in [-0.2, -0.15) is 0 Å². The van der Waals surface area contributed by atoms with Gasteiger partial charge in [-0.05, 0) is 32.5 Å². The standard InChI is InChI=1S/C21H34N2O4/c1-23(2)16-19(15-21(25)26)22-20(24)13-9-4-3-5-10-14-27-17-18-11-7-6-8-12-18/h6-8,11-12,19H,3-5,9-10,13-17H2,1-2H3,(H,22,24)(H,25,26)/t19-/m1/s1. The van der Waals surface area contributed by atoms with E-state index in [1.807, 2.05) is 37.2 Å². The summed E-state index contributed by atoms with van der Waals surface area (Å²) in [6, 6.07) is 9.80. The van der Waals surface area contributed by atoms with Gasteiger partial charge in [0, 0.05) is 19.6 Å². The van der Waals surface area contributed by atoms with Crippen LogP contribution in [-0.4, -0.2) is 55.2 Å². The molecule has 27 heavy (non-hydrogen) atoms. The highest BCUT2D eigenvalue weighted by molar-refractivity contribution is 5.77. The quantitative estimate of drug-likeness (QED) is 0.459. The zero-order chi connectivity index (χ0) is 19.9. The van der Waals surface area contributed by atoms with Gasteiger partial charge in [0.05, 0.1) is 19.1 Å². The molecule has 0 radical (unpaired) electrons. The van der Waals surface area contributed by atoms with Crippen molar-refractivity contribution in [3.05, 3.63) is 35.9 Å². The van der Waals surface area contributed by atoms with Crippen LogP contribution < -0.4 is 5.32 Å². The van der Waals surface area contributed by atoms with Gasteiger partial charge in [-0.15, -0.1) is 0 Å². The third-order valence-electron chi connectivity index (χ3n) is 4.18. The molecule has 0 bridgehead atoms. The van der Waals surface area contributed by atoms with Gasteiger partial charge in [-0.3, -0.25) is 9.59 Å². The van der Waals surface area contributed by atoms with Gasteiger partial charge in [-0.1, -0.05) is 49.6 Å². The molecule has 0 saturated heterocycles. The van der Waals surface area contributed by atoms with Crippen molar-refractivity contribution in [2.45, 2.75) is 57.6 Å². The lowest BCUT2D eigenvalue weighted by atomic mass is 10.1. The van der Waals surface area contributed by atoms with Gasteiger partial charge in [-0.25, -0.2) is 0 Å². The summed E-state index contributed by atoms with van der Waals surface area (Å²) in [5.74, 6) is -0.953. The number of amides is 1. The maximum atomic E-state index is 12.0. The number of carboxylic acids is 1. The second-order valence-corrected chi connectivity index (χ2v) is 7.18. The molecule has 0 unspecified atom stereocenters.